The average molecular weight is 1770 g/mol. The van der Waals surface area contributed by atoms with E-state index in [9.17, 15) is 57.8 Å². The highest BCUT2D eigenvalue weighted by Gasteiger charge is 2.39. The molecule has 0 saturated carbocycles. The van der Waals surface area contributed by atoms with Crippen LogP contribution in [0.3, 0.4) is 0 Å². The minimum atomic E-state index is -1.39. The van der Waals surface area contributed by atoms with Gasteiger partial charge in [-0.05, 0) is 62.8 Å². The molecular formula is C80H137N25O20. The van der Waals surface area contributed by atoms with E-state index in [1.807, 2.05) is 26.5 Å². The summed E-state index contributed by atoms with van der Waals surface area (Å²) in [7, 11) is 0. The van der Waals surface area contributed by atoms with E-state index in [1.54, 1.807) is 47.5 Å². The summed E-state index contributed by atoms with van der Waals surface area (Å²) >= 11 is 0. The number of aliphatic imine (C=N–C) groups is 2. The van der Waals surface area contributed by atoms with E-state index >= 15 is 0 Å². The van der Waals surface area contributed by atoms with Crippen LogP contribution >= 0.6 is 0 Å². The maximum absolute atomic E-state index is 14.5. The van der Waals surface area contributed by atoms with Gasteiger partial charge in [0.2, 0.25) is 65.0 Å². The Hall–Kier alpha value is -10.1. The van der Waals surface area contributed by atoms with Crippen molar-refractivity contribution in [2.45, 2.75) is 88.6 Å². The number of guanidine groups is 2. The van der Waals surface area contributed by atoms with Crippen molar-refractivity contribution in [3.63, 3.8) is 0 Å². The molecule has 3 heterocycles. The van der Waals surface area contributed by atoms with Crippen LogP contribution in [0.1, 0.15) is 63.1 Å². The average Bonchev–Trinajstić information content (AvgIpc) is 1.68. The molecule has 5 rings (SSSR count). The van der Waals surface area contributed by atoms with Crippen LogP contribution in [0, 0.1) is 0 Å². The summed E-state index contributed by atoms with van der Waals surface area (Å²) in [6.45, 7) is 12.6. The van der Waals surface area contributed by atoms with E-state index in [-0.39, 0.29) is 204 Å². The Morgan fingerprint density at radius 3 is 1.31 bits per heavy atom. The lowest BCUT2D eigenvalue weighted by molar-refractivity contribution is -0.135. The number of likely N-dealkylation sites (tertiary alicyclic amines) is 1. The van der Waals surface area contributed by atoms with Crippen molar-refractivity contribution in [1.29, 1.82) is 0 Å². The fraction of sp³-hybridized carbons (Fsp3) is 0.662. The minimum absolute atomic E-state index is 0.00628. The normalized spacial score (nSPS) is 15.9. The molecule has 125 heavy (non-hydrogen) atoms. The third-order valence-corrected chi connectivity index (χ3v) is 19.6. The number of nitrogens with two attached hydrogens (primary N) is 7. The van der Waals surface area contributed by atoms with Crippen LogP contribution in [0.5, 0.6) is 5.75 Å². The molecule has 3 unspecified atom stereocenters. The molecule has 0 bridgehead atoms. The number of H-pyrrole nitrogens is 1. The Balaban J connectivity index is 1.14. The molecule has 2 saturated heterocycles. The Labute approximate surface area is 729 Å². The van der Waals surface area contributed by atoms with Gasteiger partial charge in [-0.3, -0.25) is 82.3 Å². The molecular weight excluding hydrogens is 1630 g/mol. The molecule has 2 aliphatic rings. The molecule has 6 atom stereocenters. The topological polar surface area (TPSA) is 641 Å². The van der Waals surface area contributed by atoms with Gasteiger partial charge in [0.05, 0.1) is 138 Å². The number of fused-ring (bicyclic) bond motifs is 1. The molecule has 3 aromatic rings. The van der Waals surface area contributed by atoms with Crippen molar-refractivity contribution in [3.05, 3.63) is 65.9 Å². The minimum Gasteiger partial charge on any atom is -0.508 e. The SMILES string of the molecule is CC(=O)NC(C(=O)N[C@@H](Cc1ccc(O)cc1)C(=O)N[C@@H](CCCN=C(N)N)C(=O)NCC(=O)NC(CCCN=C(N)N)C(=O)N[C@H]1CC(C)N(CCOCCOCCNC(=O)CN2CCN(CC(=O)NCCOCCOCCN)CCN(CC(=O)NCCOCCOCCN)CCN(CC(=O)NCCOCCOCCN)CC2)C1=O)c1c[nH]c2ccccc12. The smallest absolute Gasteiger partial charge is 0.247 e. The number of aromatic hydroxyl groups is 1. The number of ether oxygens (including phenoxy) is 8. The van der Waals surface area contributed by atoms with E-state index in [1.165, 1.54) is 19.1 Å². The van der Waals surface area contributed by atoms with Crippen molar-refractivity contribution < 1.29 is 95.7 Å². The first-order chi connectivity index (χ1) is 60.4. The lowest BCUT2D eigenvalue weighted by Crippen LogP contribution is -2.57. The van der Waals surface area contributed by atoms with E-state index < -0.39 is 78.1 Å². The summed E-state index contributed by atoms with van der Waals surface area (Å²) in [5, 5.41) is 38.4. The standard InChI is InChI=1S/C80H137N25O20/c1-57-49-67(100-75(114)65(10-6-19-93-80(86)87)97-68(108)52-95-74(113)64(9-5-18-92-79(84)85)98-76(115)66(50-59-11-13-60(107)14-12-59)99-77(116)73(96-58(2)106)62-51-94-63-8-4-3-7-61(62)63)78(117)105(57)32-40-125-48-47-124-39-23-91-72(112)56-104-30-28-102(54-70(110)89-21-37-122-45-42-119-34-16-82)26-24-101(53-69(109)88-20-36-121-44-41-118-33-15-81)25-27-103(29-31-104)55-71(111)90-22-38-123-46-43-120-35-17-83/h3-4,7-8,11-14,51,57,64-67,73,94,107H,5-6,9-10,15-50,52-56,81-83H2,1-2H3,(H,88,109)(H,89,110)(H,90,111)(H,91,112)(H,95,113)(H,96,106)(H,97,108)(H,98,115)(H,99,116)(H,100,114)(H4,84,85,92)(H4,86,87,93)/t57?,64-,65?,66-,67-,73?/m0/s1. The van der Waals surface area contributed by atoms with Gasteiger partial charge in [0.1, 0.15) is 36.0 Å². The number of carbonyl (C=O) groups excluding carboxylic acids is 11. The van der Waals surface area contributed by atoms with Gasteiger partial charge >= 0.3 is 0 Å². The first-order valence-corrected chi connectivity index (χ1v) is 42.5. The van der Waals surface area contributed by atoms with Crippen molar-refractivity contribution in [3.8, 4) is 5.75 Å². The number of nitrogens with one attached hydrogen (secondary N) is 11. The molecule has 2 aliphatic heterocycles. The number of phenolic OH excluding ortho intramolecular Hbond substituents is 1. The predicted octanol–water partition coefficient (Wildman–Crippen LogP) is -8.23. The second-order valence-electron chi connectivity index (χ2n) is 29.6. The number of nitrogens with zero attached hydrogens (tertiary/aromatic N) is 7. The second kappa shape index (κ2) is 62.9. The van der Waals surface area contributed by atoms with Gasteiger partial charge in [0.25, 0.3) is 0 Å². The largest absolute Gasteiger partial charge is 0.508 e. The third kappa shape index (κ3) is 45.6. The number of phenols is 1. The summed E-state index contributed by atoms with van der Waals surface area (Å²) < 4.78 is 44.6. The fourth-order valence-electron chi connectivity index (χ4n) is 13.2. The zero-order valence-electron chi connectivity index (χ0n) is 72.4. The van der Waals surface area contributed by atoms with E-state index in [4.69, 9.17) is 78.0 Å². The molecule has 0 aliphatic carbocycles. The summed E-state index contributed by atoms with van der Waals surface area (Å²) in [5.74, 6) is -6.36. The molecule has 702 valence electrons. The monoisotopic (exact) mass is 1770 g/mol. The Morgan fingerprint density at radius 2 is 0.888 bits per heavy atom. The number of aromatic amines is 1. The molecule has 2 aromatic carbocycles. The number of rotatable bonds is 63. The number of aromatic nitrogens is 1. The van der Waals surface area contributed by atoms with Gasteiger partial charge in [0, 0.05) is 160 Å². The fourth-order valence-corrected chi connectivity index (χ4v) is 13.2. The van der Waals surface area contributed by atoms with Crippen LogP contribution < -0.4 is 93.3 Å². The molecule has 1 aromatic heterocycles. The molecule has 0 spiro atoms. The summed E-state index contributed by atoms with van der Waals surface area (Å²) in [6, 6.07) is 6.37. The second-order valence-corrected chi connectivity index (χ2v) is 29.6. The van der Waals surface area contributed by atoms with E-state index in [2.05, 4.69) is 68.1 Å². The summed E-state index contributed by atoms with van der Waals surface area (Å²) in [4.78, 5) is 172. The van der Waals surface area contributed by atoms with Crippen LogP contribution in [0.2, 0.25) is 0 Å². The van der Waals surface area contributed by atoms with Crippen LogP contribution in [0.25, 0.3) is 10.9 Å². The molecule has 0 radical (unpaired) electrons. The van der Waals surface area contributed by atoms with Crippen LogP contribution in [-0.4, -0.2) is 398 Å². The molecule has 11 amide bonds. The van der Waals surface area contributed by atoms with Crippen molar-refractivity contribution in [1.82, 2.24) is 82.7 Å². The number of hydrogen-bond acceptors (Lipinski definition) is 29. The highest BCUT2D eigenvalue weighted by atomic mass is 16.5. The molecule has 26 N–H and O–H groups in total. The number of amides is 11. The number of hydrogen-bond donors (Lipinski definition) is 19. The first-order valence-electron chi connectivity index (χ1n) is 42.5. The van der Waals surface area contributed by atoms with Gasteiger partial charge in [-0.2, -0.15) is 0 Å². The lowest BCUT2D eigenvalue weighted by atomic mass is 10.0. The lowest BCUT2D eigenvalue weighted by Gasteiger charge is -2.33. The molecule has 2 fully saturated rings. The van der Waals surface area contributed by atoms with E-state index in [0.29, 0.717) is 153 Å². The third-order valence-electron chi connectivity index (χ3n) is 19.6. The van der Waals surface area contributed by atoms with Crippen LogP contribution in [0.15, 0.2) is 64.7 Å². The molecule has 45 nitrogen and oxygen atoms in total. The highest BCUT2D eigenvalue weighted by molar-refractivity contribution is 5.98. The van der Waals surface area contributed by atoms with Crippen LogP contribution in [0.4, 0.5) is 0 Å². The highest BCUT2D eigenvalue weighted by Crippen LogP contribution is 2.26. The first kappa shape index (κ1) is 105. The zero-order valence-corrected chi connectivity index (χ0v) is 72.4. The van der Waals surface area contributed by atoms with Crippen molar-refractivity contribution >= 4 is 87.8 Å². The Kier molecular flexibility index (Phi) is 53.1. The van der Waals surface area contributed by atoms with Crippen molar-refractivity contribution in [2.75, 3.05) is 256 Å². The van der Waals surface area contributed by atoms with Crippen molar-refractivity contribution in [2.24, 2.45) is 50.1 Å². The van der Waals surface area contributed by atoms with Gasteiger partial charge in [-0.1, -0.05) is 30.3 Å². The van der Waals surface area contributed by atoms with Crippen LogP contribution in [-0.2, 0) is 97.1 Å². The van der Waals surface area contributed by atoms with Gasteiger partial charge in [-0.25, -0.2) is 0 Å². The van der Waals surface area contributed by atoms with Gasteiger partial charge < -0.3 is 146 Å². The number of para-hydroxylation sites is 1. The number of carbonyl (C=O) groups is 11. The molecule has 45 heteroatoms. The predicted molar refractivity (Wildman–Crippen MR) is 465 cm³/mol. The zero-order chi connectivity index (χ0) is 90.8. The quantitative estimate of drug-likeness (QED) is 0.0142. The Bertz CT molecular complexity index is 3700. The van der Waals surface area contributed by atoms with E-state index in [0.717, 1.165) is 0 Å². The summed E-state index contributed by atoms with van der Waals surface area (Å²) in [6.07, 6.45) is 1.91. The van der Waals surface area contributed by atoms with Gasteiger partial charge in [0.15, 0.2) is 11.9 Å². The number of benzene rings is 2. The van der Waals surface area contributed by atoms with Gasteiger partial charge in [-0.15, -0.1) is 0 Å². The maximum Gasteiger partial charge on any atom is 0.247 e. The Morgan fingerprint density at radius 1 is 0.480 bits per heavy atom. The summed E-state index contributed by atoms with van der Waals surface area (Å²) in [5.41, 5.74) is 40.4. The maximum atomic E-state index is 14.5.